The zero-order valence-electron chi connectivity index (χ0n) is 10.6. The van der Waals surface area contributed by atoms with E-state index in [1.54, 1.807) is 13.0 Å². The number of nitrogens with zero attached hydrogens (tertiary/aromatic N) is 1. The van der Waals surface area contributed by atoms with Crippen molar-refractivity contribution < 1.29 is 24.2 Å². The molecule has 0 aliphatic rings. The lowest BCUT2D eigenvalue weighted by molar-refractivity contribution is -0.142. The Morgan fingerprint density at radius 1 is 1.47 bits per heavy atom. The van der Waals surface area contributed by atoms with Gasteiger partial charge in [0.15, 0.2) is 0 Å². The van der Waals surface area contributed by atoms with Crippen LogP contribution >= 0.6 is 0 Å². The maximum atomic E-state index is 11.5. The Kier molecular flexibility index (Phi) is 7.37. The topological polar surface area (TPSA) is 129 Å². The number of carbonyl (C=O) groups is 3. The molecule has 3 N–H and O–H groups in total. The van der Waals surface area contributed by atoms with E-state index in [4.69, 9.17) is 10.4 Å². The Morgan fingerprint density at radius 2 is 2.11 bits per heavy atom. The Labute approximate surface area is 110 Å². The molecule has 1 unspecified atom stereocenters. The highest BCUT2D eigenvalue weighted by molar-refractivity contribution is 5.99. The fourth-order valence-electron chi connectivity index (χ4n) is 0.933. The number of carboxylic acid groups (broad SMARTS) is 1. The van der Waals surface area contributed by atoms with Crippen molar-refractivity contribution in [2.75, 3.05) is 13.2 Å². The maximum Gasteiger partial charge on any atom is 0.325 e. The molecule has 1 amide bonds. The van der Waals surface area contributed by atoms with Crippen molar-refractivity contribution in [3.05, 3.63) is 11.8 Å². The Bertz CT molecular complexity index is 425. The van der Waals surface area contributed by atoms with Gasteiger partial charge in [-0.2, -0.15) is 5.26 Å². The summed E-state index contributed by atoms with van der Waals surface area (Å²) in [6.07, 6.45) is 1.03. The number of rotatable bonds is 7. The number of aliphatic carboxylic acids is 1. The summed E-state index contributed by atoms with van der Waals surface area (Å²) in [5, 5.41) is 21.9. The van der Waals surface area contributed by atoms with E-state index in [1.165, 1.54) is 6.92 Å². The molecule has 0 rings (SSSR count). The molecule has 0 aliphatic heterocycles. The molecule has 0 radical (unpaired) electrons. The van der Waals surface area contributed by atoms with E-state index in [9.17, 15) is 14.4 Å². The molecule has 0 aromatic rings. The minimum absolute atomic E-state index is 0.194. The highest BCUT2D eigenvalue weighted by atomic mass is 16.5. The van der Waals surface area contributed by atoms with Crippen LogP contribution in [0, 0.1) is 11.3 Å². The minimum atomic E-state index is -1.22. The smallest absolute Gasteiger partial charge is 0.325 e. The molecule has 104 valence electrons. The van der Waals surface area contributed by atoms with E-state index in [2.05, 4.69) is 15.4 Å². The van der Waals surface area contributed by atoms with E-state index in [0.29, 0.717) is 0 Å². The monoisotopic (exact) mass is 269 g/mol. The molecule has 0 spiro atoms. The van der Waals surface area contributed by atoms with Crippen LogP contribution in [0.2, 0.25) is 0 Å². The number of carboxylic acids is 1. The van der Waals surface area contributed by atoms with Crippen molar-refractivity contribution in [2.45, 2.75) is 19.9 Å². The highest BCUT2D eigenvalue weighted by Crippen LogP contribution is 1.93. The molecule has 0 saturated carbocycles. The summed E-state index contributed by atoms with van der Waals surface area (Å²) in [7, 11) is 0. The van der Waals surface area contributed by atoms with Gasteiger partial charge in [-0.25, -0.2) is 0 Å². The second kappa shape index (κ2) is 8.52. The fraction of sp³-hybridized carbons (Fsp3) is 0.455. The van der Waals surface area contributed by atoms with Crippen LogP contribution < -0.4 is 10.6 Å². The molecular formula is C11H15N3O5. The first-order valence-electron chi connectivity index (χ1n) is 5.45. The van der Waals surface area contributed by atoms with Crippen LogP contribution in [0.25, 0.3) is 0 Å². The first-order valence-corrected chi connectivity index (χ1v) is 5.45. The summed E-state index contributed by atoms with van der Waals surface area (Å²) in [4.78, 5) is 33.0. The summed E-state index contributed by atoms with van der Waals surface area (Å²) < 4.78 is 4.62. The number of hydrogen-bond acceptors (Lipinski definition) is 6. The van der Waals surface area contributed by atoms with E-state index < -0.39 is 23.9 Å². The third-order valence-electron chi connectivity index (χ3n) is 1.88. The van der Waals surface area contributed by atoms with E-state index in [0.717, 1.165) is 6.20 Å². The van der Waals surface area contributed by atoms with Crippen LogP contribution in [0.3, 0.4) is 0 Å². The Balaban J connectivity index is 4.41. The second-order valence-corrected chi connectivity index (χ2v) is 3.39. The molecule has 8 heteroatoms. The first kappa shape index (κ1) is 16.4. The van der Waals surface area contributed by atoms with Gasteiger partial charge in [-0.1, -0.05) is 0 Å². The van der Waals surface area contributed by atoms with Crippen molar-refractivity contribution in [1.29, 1.82) is 5.26 Å². The third kappa shape index (κ3) is 6.68. The molecule has 0 fully saturated rings. The van der Waals surface area contributed by atoms with Crippen molar-refractivity contribution in [3.8, 4) is 6.07 Å². The zero-order chi connectivity index (χ0) is 14.8. The molecular weight excluding hydrogens is 254 g/mol. The first-order chi connectivity index (χ1) is 8.92. The van der Waals surface area contributed by atoms with Crippen LogP contribution in [-0.4, -0.2) is 42.1 Å². The molecule has 1 atom stereocenters. The number of amides is 1. The predicted octanol–water partition coefficient (Wildman–Crippen LogP) is -0.864. The van der Waals surface area contributed by atoms with Crippen LogP contribution in [0.15, 0.2) is 11.8 Å². The van der Waals surface area contributed by atoms with Gasteiger partial charge in [0.2, 0.25) is 0 Å². The number of ether oxygens (including phenoxy) is 1. The Morgan fingerprint density at radius 3 is 2.58 bits per heavy atom. The zero-order valence-corrected chi connectivity index (χ0v) is 10.6. The van der Waals surface area contributed by atoms with Crippen LogP contribution in [0.5, 0.6) is 0 Å². The molecule has 0 aromatic heterocycles. The average molecular weight is 269 g/mol. The van der Waals surface area contributed by atoms with Gasteiger partial charge in [0.1, 0.15) is 24.2 Å². The molecule has 0 aliphatic carbocycles. The molecule has 0 aromatic carbocycles. The molecule has 0 saturated heterocycles. The second-order valence-electron chi connectivity index (χ2n) is 3.39. The average Bonchev–Trinajstić information content (AvgIpc) is 2.34. The Hall–Kier alpha value is -2.56. The number of hydrogen-bond donors (Lipinski definition) is 3. The summed E-state index contributed by atoms with van der Waals surface area (Å²) >= 11 is 0. The van der Waals surface area contributed by atoms with Gasteiger partial charge in [0.05, 0.1) is 6.61 Å². The summed E-state index contributed by atoms with van der Waals surface area (Å²) in [5.41, 5.74) is -0.336. The maximum absolute atomic E-state index is 11.5. The van der Waals surface area contributed by atoms with Crippen LogP contribution in [0.1, 0.15) is 13.8 Å². The number of esters is 1. The van der Waals surface area contributed by atoms with Crippen molar-refractivity contribution >= 4 is 17.8 Å². The molecule has 8 nitrogen and oxygen atoms in total. The molecule has 19 heavy (non-hydrogen) atoms. The normalized spacial score (nSPS) is 11.9. The lowest BCUT2D eigenvalue weighted by Crippen LogP contribution is -2.39. The standard InChI is InChI=1S/C11H15N3O5/c1-3-19-9(15)6-13-5-8(4-12)10(16)14-7(2)11(17)18/h5,7,13H,3,6H2,1-2H3,(H,14,16)(H,17,18)/b8-5-. The van der Waals surface area contributed by atoms with E-state index in [-0.39, 0.29) is 18.7 Å². The fourth-order valence-corrected chi connectivity index (χ4v) is 0.933. The van der Waals surface area contributed by atoms with E-state index in [1.807, 2.05) is 0 Å². The van der Waals surface area contributed by atoms with Gasteiger partial charge < -0.3 is 20.5 Å². The number of nitrogens with one attached hydrogen (secondary N) is 2. The number of nitriles is 1. The van der Waals surface area contributed by atoms with Crippen molar-refractivity contribution in [3.63, 3.8) is 0 Å². The van der Waals surface area contributed by atoms with Crippen LogP contribution in [0.4, 0.5) is 0 Å². The SMILES string of the molecule is CCOC(=O)CN/C=C(/C#N)C(=O)NC(C)C(=O)O. The lowest BCUT2D eigenvalue weighted by Gasteiger charge is -2.08. The summed E-state index contributed by atoms with van der Waals surface area (Å²) in [6, 6.07) is 0.477. The summed E-state index contributed by atoms with van der Waals surface area (Å²) in [6.45, 7) is 2.95. The highest BCUT2D eigenvalue weighted by Gasteiger charge is 2.16. The quantitative estimate of drug-likeness (QED) is 0.311. The molecule has 0 heterocycles. The minimum Gasteiger partial charge on any atom is -0.480 e. The van der Waals surface area contributed by atoms with Gasteiger partial charge in [-0.05, 0) is 13.8 Å². The van der Waals surface area contributed by atoms with Crippen molar-refractivity contribution in [1.82, 2.24) is 10.6 Å². The van der Waals surface area contributed by atoms with Gasteiger partial charge in [0, 0.05) is 6.20 Å². The van der Waals surface area contributed by atoms with Crippen LogP contribution in [-0.2, 0) is 19.1 Å². The van der Waals surface area contributed by atoms with Gasteiger partial charge in [-0.15, -0.1) is 0 Å². The lowest BCUT2D eigenvalue weighted by atomic mass is 10.2. The van der Waals surface area contributed by atoms with E-state index >= 15 is 0 Å². The predicted molar refractivity (Wildman–Crippen MR) is 63.6 cm³/mol. The van der Waals surface area contributed by atoms with Gasteiger partial charge in [-0.3, -0.25) is 14.4 Å². The third-order valence-corrected chi connectivity index (χ3v) is 1.88. The van der Waals surface area contributed by atoms with Gasteiger partial charge in [0.25, 0.3) is 5.91 Å². The summed E-state index contributed by atoms with van der Waals surface area (Å²) in [5.74, 6) is -2.59. The number of carbonyl (C=O) groups excluding carboxylic acids is 2. The van der Waals surface area contributed by atoms with Crippen molar-refractivity contribution in [2.24, 2.45) is 0 Å². The van der Waals surface area contributed by atoms with Gasteiger partial charge >= 0.3 is 11.9 Å². The molecule has 0 bridgehead atoms. The largest absolute Gasteiger partial charge is 0.480 e.